The Bertz CT molecular complexity index is 1070. The number of piperazine rings is 1. The molecule has 0 bridgehead atoms. The minimum atomic E-state index is 0.610. The summed E-state index contributed by atoms with van der Waals surface area (Å²) >= 11 is 0. The second kappa shape index (κ2) is 9.53. The second-order valence-electron chi connectivity index (χ2n) is 10.3. The third-order valence-electron chi connectivity index (χ3n) is 7.90. The molecule has 5 heteroatoms. The van der Waals surface area contributed by atoms with Crippen molar-refractivity contribution in [2.24, 2.45) is 9.98 Å². The molecule has 3 aliphatic heterocycles. The van der Waals surface area contributed by atoms with Gasteiger partial charge in [0.05, 0.1) is 17.1 Å². The Hall–Kier alpha value is -2.66. The Morgan fingerprint density at radius 1 is 1.24 bits per heavy atom. The largest absolute Gasteiger partial charge is 0.367 e. The Morgan fingerprint density at radius 3 is 2.65 bits per heavy atom. The smallest absolute Gasteiger partial charge is 0.137 e. The van der Waals surface area contributed by atoms with E-state index in [2.05, 4.69) is 77.5 Å². The van der Waals surface area contributed by atoms with Crippen LogP contribution in [0.4, 0.5) is 0 Å². The lowest BCUT2D eigenvalue weighted by Crippen LogP contribution is -2.52. The molecule has 5 aliphatic rings. The van der Waals surface area contributed by atoms with Crippen molar-refractivity contribution in [3.8, 4) is 0 Å². The van der Waals surface area contributed by atoms with Gasteiger partial charge in [-0.15, -0.1) is 0 Å². The average Bonchev–Trinajstić information content (AvgIpc) is 3.65. The van der Waals surface area contributed by atoms with E-state index in [1.165, 1.54) is 61.2 Å². The number of amidine groups is 1. The van der Waals surface area contributed by atoms with Crippen LogP contribution in [0.15, 0.2) is 80.9 Å². The van der Waals surface area contributed by atoms with Gasteiger partial charge in [-0.25, -0.2) is 4.99 Å². The highest BCUT2D eigenvalue weighted by Crippen LogP contribution is 2.36. The van der Waals surface area contributed by atoms with Crippen LogP contribution >= 0.6 is 0 Å². The first kappa shape index (κ1) is 23.1. The van der Waals surface area contributed by atoms with Gasteiger partial charge in [0.2, 0.25) is 0 Å². The number of allylic oxidation sites excluding steroid dienone is 6. The van der Waals surface area contributed by atoms with Crippen LogP contribution < -0.4 is 0 Å². The molecule has 1 saturated heterocycles. The Morgan fingerprint density at radius 2 is 2.03 bits per heavy atom. The first-order chi connectivity index (χ1) is 16.5. The lowest BCUT2D eigenvalue weighted by atomic mass is 9.89. The van der Waals surface area contributed by atoms with Crippen LogP contribution in [0.25, 0.3) is 0 Å². The summed E-state index contributed by atoms with van der Waals surface area (Å²) in [7, 11) is 1.86. The second-order valence-corrected chi connectivity index (χ2v) is 10.3. The van der Waals surface area contributed by atoms with Gasteiger partial charge in [0.15, 0.2) is 0 Å². The molecule has 5 nitrogen and oxygen atoms in total. The van der Waals surface area contributed by atoms with E-state index in [9.17, 15) is 0 Å². The van der Waals surface area contributed by atoms with Gasteiger partial charge < -0.3 is 4.90 Å². The molecule has 3 heterocycles. The first-order valence-electron chi connectivity index (χ1n) is 13.0. The molecule has 1 atom stereocenters. The van der Waals surface area contributed by atoms with Crippen molar-refractivity contribution >= 4 is 11.5 Å². The molecule has 0 amide bonds. The highest BCUT2D eigenvalue weighted by molar-refractivity contribution is 6.12. The van der Waals surface area contributed by atoms with Gasteiger partial charge in [0, 0.05) is 50.7 Å². The fourth-order valence-corrected chi connectivity index (χ4v) is 5.31. The molecular weight excluding hydrogens is 418 g/mol. The summed E-state index contributed by atoms with van der Waals surface area (Å²) in [6, 6.07) is 1.45. The zero-order valence-electron chi connectivity index (χ0n) is 21.3. The minimum absolute atomic E-state index is 0.610. The van der Waals surface area contributed by atoms with Crippen molar-refractivity contribution in [2.75, 3.05) is 26.7 Å². The van der Waals surface area contributed by atoms with Crippen LogP contribution in [0.3, 0.4) is 0 Å². The molecule has 34 heavy (non-hydrogen) atoms. The van der Waals surface area contributed by atoms with E-state index < -0.39 is 0 Å². The minimum Gasteiger partial charge on any atom is -0.367 e. The molecule has 5 rings (SSSR count). The van der Waals surface area contributed by atoms with Crippen molar-refractivity contribution in [3.05, 3.63) is 70.9 Å². The fraction of sp³-hybridized carbons (Fsp3) is 0.517. The Labute approximate surface area is 205 Å². The summed E-state index contributed by atoms with van der Waals surface area (Å²) in [4.78, 5) is 17.2. The predicted molar refractivity (Wildman–Crippen MR) is 143 cm³/mol. The molecule has 2 saturated carbocycles. The lowest BCUT2D eigenvalue weighted by Gasteiger charge is -2.43. The molecule has 0 radical (unpaired) electrons. The number of hydrogen-bond acceptors (Lipinski definition) is 5. The van der Waals surface area contributed by atoms with Gasteiger partial charge in [-0.1, -0.05) is 19.1 Å². The van der Waals surface area contributed by atoms with Gasteiger partial charge in [-0.2, -0.15) is 0 Å². The van der Waals surface area contributed by atoms with Gasteiger partial charge in [-0.3, -0.25) is 14.8 Å². The number of aliphatic imine (C=N–C) groups is 2. The average molecular weight is 458 g/mol. The number of fused-ring (bicyclic) bond motifs is 1. The Balaban J connectivity index is 1.41. The molecule has 180 valence electrons. The molecule has 3 fully saturated rings. The van der Waals surface area contributed by atoms with Gasteiger partial charge in [0.25, 0.3) is 0 Å². The van der Waals surface area contributed by atoms with E-state index in [4.69, 9.17) is 4.99 Å². The maximum absolute atomic E-state index is 5.05. The monoisotopic (exact) mass is 457 g/mol. The maximum atomic E-state index is 5.05. The van der Waals surface area contributed by atoms with E-state index in [-0.39, 0.29) is 0 Å². The molecule has 2 aliphatic carbocycles. The van der Waals surface area contributed by atoms with Crippen LogP contribution in [0.1, 0.15) is 59.3 Å². The summed E-state index contributed by atoms with van der Waals surface area (Å²) < 4.78 is 0. The zero-order chi connectivity index (χ0) is 23.8. The zero-order valence-corrected chi connectivity index (χ0v) is 21.3. The molecular formula is C29H39N5. The molecule has 0 spiro atoms. The van der Waals surface area contributed by atoms with Gasteiger partial charge in [0.1, 0.15) is 5.84 Å². The van der Waals surface area contributed by atoms with Crippen LogP contribution in [-0.2, 0) is 0 Å². The van der Waals surface area contributed by atoms with Gasteiger partial charge in [-0.05, 0) is 87.8 Å². The summed E-state index contributed by atoms with van der Waals surface area (Å²) in [5.41, 5.74) is 8.30. The van der Waals surface area contributed by atoms with E-state index in [0.29, 0.717) is 6.04 Å². The van der Waals surface area contributed by atoms with E-state index in [1.54, 1.807) is 0 Å². The summed E-state index contributed by atoms with van der Waals surface area (Å²) in [5.74, 6) is 0.988. The van der Waals surface area contributed by atoms with Crippen molar-refractivity contribution in [1.82, 2.24) is 14.7 Å². The number of hydrogen-bond donors (Lipinski definition) is 0. The van der Waals surface area contributed by atoms with Crippen LogP contribution in [-0.4, -0.2) is 65.0 Å². The number of nitrogens with zero attached hydrogens (tertiary/aromatic N) is 5. The van der Waals surface area contributed by atoms with Crippen LogP contribution in [0.5, 0.6) is 0 Å². The molecule has 1 unspecified atom stereocenters. The summed E-state index contributed by atoms with van der Waals surface area (Å²) in [6.45, 7) is 14.2. The van der Waals surface area contributed by atoms with E-state index in [0.717, 1.165) is 48.4 Å². The lowest BCUT2D eigenvalue weighted by molar-refractivity contribution is 0.0988. The standard InChI is InChI=1S/C29H39N5/c1-6-20(2)21(3)16-26(30-5)27-17-28(23-8-7-9-23)34-19-25(12-13-29(34)31-27)32-14-15-33(22(4)18-32)24-10-11-24/h12-13,16-17,19,22,24H,2,6-11,14-15,18H2,1,3-5H3/b21-16+,30-26?. The SMILES string of the molecule is C=C(CC)/C(C)=C/C(=NC)C1=CC(=C2CCC2)N2C=C(N3CCN(C4CC4)C(C)C3)C=CC2=N1. The third-order valence-corrected chi connectivity index (χ3v) is 7.90. The molecule has 0 aromatic rings. The normalized spacial score (nSPS) is 26.1. The highest BCUT2D eigenvalue weighted by atomic mass is 15.3. The van der Waals surface area contributed by atoms with E-state index >= 15 is 0 Å². The van der Waals surface area contributed by atoms with E-state index in [1.807, 2.05) is 7.05 Å². The highest BCUT2D eigenvalue weighted by Gasteiger charge is 2.36. The quantitative estimate of drug-likeness (QED) is 0.385. The maximum Gasteiger partial charge on any atom is 0.137 e. The first-order valence-corrected chi connectivity index (χ1v) is 13.0. The van der Waals surface area contributed by atoms with Crippen molar-refractivity contribution in [1.29, 1.82) is 0 Å². The summed E-state index contributed by atoms with van der Waals surface area (Å²) in [6.07, 6.45) is 18.5. The van der Waals surface area contributed by atoms with Gasteiger partial charge >= 0.3 is 0 Å². The number of rotatable bonds is 6. The summed E-state index contributed by atoms with van der Waals surface area (Å²) in [5, 5.41) is 0. The molecule has 0 aromatic heterocycles. The molecule has 0 aromatic carbocycles. The van der Waals surface area contributed by atoms with Crippen molar-refractivity contribution in [3.63, 3.8) is 0 Å². The fourth-order valence-electron chi connectivity index (χ4n) is 5.31. The van der Waals surface area contributed by atoms with Crippen molar-refractivity contribution < 1.29 is 0 Å². The van der Waals surface area contributed by atoms with Crippen LogP contribution in [0, 0.1) is 0 Å². The third kappa shape index (κ3) is 4.50. The van der Waals surface area contributed by atoms with Crippen molar-refractivity contribution in [2.45, 2.75) is 71.4 Å². The predicted octanol–water partition coefficient (Wildman–Crippen LogP) is 5.59. The van der Waals surface area contributed by atoms with Crippen LogP contribution in [0.2, 0.25) is 0 Å². The Kier molecular flexibility index (Phi) is 6.48. The molecule has 0 N–H and O–H groups in total. The topological polar surface area (TPSA) is 34.4 Å².